The molecule has 1 aromatic rings. The highest BCUT2D eigenvalue weighted by molar-refractivity contribution is 7.99. The molecule has 94 valence electrons. The van der Waals surface area contributed by atoms with Crippen LogP contribution in [0.1, 0.15) is 50.8 Å². The maximum absolute atomic E-state index is 3.64. The van der Waals surface area contributed by atoms with Gasteiger partial charge in [0.15, 0.2) is 0 Å². The minimum Gasteiger partial charge on any atom is -0.310 e. The highest BCUT2D eigenvalue weighted by atomic mass is 32.2. The molecule has 0 spiro atoms. The third kappa shape index (κ3) is 2.69. The molecule has 0 bridgehead atoms. The van der Waals surface area contributed by atoms with Gasteiger partial charge < -0.3 is 5.32 Å². The van der Waals surface area contributed by atoms with Crippen molar-refractivity contribution in [3.63, 3.8) is 0 Å². The number of hydrogen-bond acceptors (Lipinski definition) is 2. The van der Waals surface area contributed by atoms with E-state index in [1.54, 1.807) is 0 Å². The summed E-state index contributed by atoms with van der Waals surface area (Å²) in [6, 6.07) is 7.55. The monoisotopic (exact) mass is 249 g/mol. The van der Waals surface area contributed by atoms with Crippen LogP contribution < -0.4 is 5.32 Å². The van der Waals surface area contributed by atoms with Crippen LogP contribution in [-0.2, 0) is 0 Å². The Hall–Kier alpha value is -0.470. The molecule has 0 amide bonds. The highest BCUT2D eigenvalue weighted by Gasteiger charge is 2.26. The number of thioether (sulfide) groups is 1. The average Bonchev–Trinajstić information content (AvgIpc) is 2.32. The molecule has 0 saturated carbocycles. The second kappa shape index (κ2) is 5.45. The van der Waals surface area contributed by atoms with E-state index in [4.69, 9.17) is 0 Å². The Morgan fingerprint density at radius 3 is 2.82 bits per heavy atom. The molecule has 0 aliphatic carbocycles. The van der Waals surface area contributed by atoms with Crippen LogP contribution in [0.15, 0.2) is 23.1 Å². The predicted octanol–water partition coefficient (Wildman–Crippen LogP) is 4.20. The number of nitrogens with one attached hydrogen (secondary N) is 1. The van der Waals surface area contributed by atoms with Crippen LogP contribution in [0.3, 0.4) is 0 Å². The fraction of sp³-hybridized carbons (Fsp3) is 0.600. The summed E-state index contributed by atoms with van der Waals surface area (Å²) in [5.41, 5.74) is 2.98. The summed E-state index contributed by atoms with van der Waals surface area (Å²) >= 11 is 2.01. The van der Waals surface area contributed by atoms with Crippen LogP contribution in [0.25, 0.3) is 0 Å². The topological polar surface area (TPSA) is 12.0 Å². The second-order valence-corrected chi connectivity index (χ2v) is 6.34. The molecule has 0 saturated heterocycles. The zero-order valence-electron chi connectivity index (χ0n) is 11.3. The first-order chi connectivity index (χ1) is 8.13. The molecule has 2 atom stereocenters. The lowest BCUT2D eigenvalue weighted by atomic mass is 9.91. The van der Waals surface area contributed by atoms with E-state index in [0.29, 0.717) is 12.0 Å². The lowest BCUT2D eigenvalue weighted by Gasteiger charge is -2.32. The second-order valence-electron chi connectivity index (χ2n) is 5.28. The standard InChI is InChI=1S/C15H23NS/c1-5-16-15-11(4)9-17-14-7-6-12(10(2)3)8-13(14)15/h6-8,10-11,15-16H,5,9H2,1-4H3. The van der Waals surface area contributed by atoms with Crippen molar-refractivity contribution in [2.75, 3.05) is 12.3 Å². The molecule has 1 heterocycles. The molecule has 2 rings (SSSR count). The molecule has 1 aromatic carbocycles. The van der Waals surface area contributed by atoms with Crippen molar-refractivity contribution in [1.82, 2.24) is 5.32 Å². The van der Waals surface area contributed by atoms with Crippen molar-refractivity contribution in [2.45, 2.75) is 44.6 Å². The van der Waals surface area contributed by atoms with Crippen LogP contribution in [0, 0.1) is 5.92 Å². The van der Waals surface area contributed by atoms with E-state index in [-0.39, 0.29) is 0 Å². The van der Waals surface area contributed by atoms with Gasteiger partial charge in [-0.05, 0) is 35.6 Å². The van der Waals surface area contributed by atoms with Crippen molar-refractivity contribution in [1.29, 1.82) is 0 Å². The smallest absolute Gasteiger partial charge is 0.0365 e. The first-order valence-electron chi connectivity index (χ1n) is 6.63. The average molecular weight is 249 g/mol. The van der Waals surface area contributed by atoms with Gasteiger partial charge in [-0.1, -0.05) is 39.8 Å². The Bertz CT molecular complexity index is 387. The first kappa shape index (κ1) is 13.0. The van der Waals surface area contributed by atoms with Crippen molar-refractivity contribution in [3.8, 4) is 0 Å². The van der Waals surface area contributed by atoms with Gasteiger partial charge in [-0.2, -0.15) is 0 Å². The van der Waals surface area contributed by atoms with Crippen LogP contribution in [0.5, 0.6) is 0 Å². The van der Waals surface area contributed by atoms with Crippen molar-refractivity contribution < 1.29 is 0 Å². The maximum Gasteiger partial charge on any atom is 0.0365 e. The molecule has 2 heteroatoms. The lowest BCUT2D eigenvalue weighted by Crippen LogP contribution is -2.30. The lowest BCUT2D eigenvalue weighted by molar-refractivity contribution is 0.415. The summed E-state index contributed by atoms with van der Waals surface area (Å²) in [5.74, 6) is 2.56. The van der Waals surface area contributed by atoms with Gasteiger partial charge in [0.05, 0.1) is 0 Å². The molecule has 17 heavy (non-hydrogen) atoms. The summed E-state index contributed by atoms with van der Waals surface area (Å²) in [4.78, 5) is 1.47. The maximum atomic E-state index is 3.64. The molecule has 1 aliphatic rings. The van der Waals surface area contributed by atoms with Crippen LogP contribution >= 0.6 is 11.8 Å². The molecule has 1 aliphatic heterocycles. The third-order valence-electron chi connectivity index (χ3n) is 3.53. The molecule has 1 nitrogen and oxygen atoms in total. The molecule has 0 fully saturated rings. The van der Waals surface area contributed by atoms with Crippen molar-refractivity contribution >= 4 is 11.8 Å². The fourth-order valence-electron chi connectivity index (χ4n) is 2.46. The Morgan fingerprint density at radius 1 is 1.41 bits per heavy atom. The molecule has 2 unspecified atom stereocenters. The van der Waals surface area contributed by atoms with Gasteiger partial charge in [0, 0.05) is 16.7 Å². The minimum atomic E-state index is 0.537. The summed E-state index contributed by atoms with van der Waals surface area (Å²) in [5, 5.41) is 3.64. The van der Waals surface area contributed by atoms with Crippen LogP contribution in [0.4, 0.5) is 0 Å². The summed E-state index contributed by atoms with van der Waals surface area (Å²) in [6.07, 6.45) is 0. The first-order valence-corrected chi connectivity index (χ1v) is 7.62. The van der Waals surface area contributed by atoms with Crippen molar-refractivity contribution in [3.05, 3.63) is 29.3 Å². The van der Waals surface area contributed by atoms with E-state index < -0.39 is 0 Å². The number of hydrogen-bond donors (Lipinski definition) is 1. The fourth-order valence-corrected chi connectivity index (χ4v) is 3.61. The molecular formula is C15H23NS. The van der Waals surface area contributed by atoms with Crippen LogP contribution in [0.2, 0.25) is 0 Å². The quantitative estimate of drug-likeness (QED) is 0.861. The predicted molar refractivity (Wildman–Crippen MR) is 76.8 cm³/mol. The molecule has 1 N–H and O–H groups in total. The number of benzene rings is 1. The van der Waals surface area contributed by atoms with E-state index in [2.05, 4.69) is 51.2 Å². The highest BCUT2D eigenvalue weighted by Crippen LogP contribution is 2.40. The largest absolute Gasteiger partial charge is 0.310 e. The molecule has 0 aromatic heterocycles. The van der Waals surface area contributed by atoms with Gasteiger partial charge in [0.2, 0.25) is 0 Å². The number of rotatable bonds is 3. The van der Waals surface area contributed by atoms with Crippen molar-refractivity contribution in [2.24, 2.45) is 5.92 Å². The van der Waals surface area contributed by atoms with E-state index >= 15 is 0 Å². The molecular weight excluding hydrogens is 226 g/mol. The summed E-state index contributed by atoms with van der Waals surface area (Å²) in [6.45, 7) is 10.1. The van der Waals surface area contributed by atoms with Gasteiger partial charge in [-0.15, -0.1) is 11.8 Å². The Labute approximate surface area is 109 Å². The Morgan fingerprint density at radius 2 is 2.18 bits per heavy atom. The van der Waals surface area contributed by atoms with Gasteiger partial charge in [0.25, 0.3) is 0 Å². The SMILES string of the molecule is CCNC1c2cc(C(C)C)ccc2SCC1C. The van der Waals surface area contributed by atoms with Crippen LogP contribution in [-0.4, -0.2) is 12.3 Å². The summed E-state index contributed by atoms with van der Waals surface area (Å²) in [7, 11) is 0. The van der Waals surface area contributed by atoms with E-state index in [0.717, 1.165) is 12.5 Å². The number of fused-ring (bicyclic) bond motifs is 1. The van der Waals surface area contributed by atoms with Gasteiger partial charge >= 0.3 is 0 Å². The Kier molecular flexibility index (Phi) is 4.16. The zero-order chi connectivity index (χ0) is 12.4. The minimum absolute atomic E-state index is 0.537. The third-order valence-corrected chi connectivity index (χ3v) is 4.91. The van der Waals surface area contributed by atoms with Gasteiger partial charge in [0.1, 0.15) is 0 Å². The summed E-state index contributed by atoms with van der Waals surface area (Å²) < 4.78 is 0. The normalized spacial score (nSPS) is 23.8. The zero-order valence-corrected chi connectivity index (χ0v) is 12.1. The van der Waals surface area contributed by atoms with Gasteiger partial charge in [-0.25, -0.2) is 0 Å². The van der Waals surface area contributed by atoms with E-state index in [1.165, 1.54) is 21.8 Å². The van der Waals surface area contributed by atoms with E-state index in [1.807, 2.05) is 11.8 Å². The Balaban J connectivity index is 2.37. The van der Waals surface area contributed by atoms with E-state index in [9.17, 15) is 0 Å². The van der Waals surface area contributed by atoms with Gasteiger partial charge in [-0.3, -0.25) is 0 Å². The molecule has 0 radical (unpaired) electrons.